The number of aliphatic hydroxyl groups excluding tert-OH is 1. The van der Waals surface area contributed by atoms with Gasteiger partial charge in [-0.2, -0.15) is 0 Å². The van der Waals surface area contributed by atoms with Crippen LogP contribution in [0.15, 0.2) is 28.7 Å². The van der Waals surface area contributed by atoms with Gasteiger partial charge in [-0.1, -0.05) is 47.3 Å². The molecule has 0 aromatic heterocycles. The summed E-state index contributed by atoms with van der Waals surface area (Å²) in [6, 6.07) is 7.67. The van der Waals surface area contributed by atoms with E-state index in [1.165, 1.54) is 19.3 Å². The van der Waals surface area contributed by atoms with Gasteiger partial charge in [-0.25, -0.2) is 0 Å². The number of benzene rings is 1. The number of aliphatic hydroxyl groups is 1. The molecule has 0 heterocycles. The molecule has 1 aromatic rings. The smallest absolute Gasteiger partial charge is 0.0760 e. The fourth-order valence-corrected chi connectivity index (χ4v) is 2.92. The predicted molar refractivity (Wildman–Crippen MR) is 80.9 cm³/mol. The van der Waals surface area contributed by atoms with E-state index >= 15 is 0 Å². The molecule has 4 heteroatoms. The van der Waals surface area contributed by atoms with Gasteiger partial charge in [0.1, 0.15) is 0 Å². The Kier molecular flexibility index (Phi) is 6.64. The molecule has 0 unspecified atom stereocenters. The SMILES string of the molecule is Cl.N[C@H](c1ccc(Br)cc1)[C@@H](O)C1CCCCC1. The molecule has 0 amide bonds. The maximum Gasteiger partial charge on any atom is 0.0760 e. The van der Waals surface area contributed by atoms with Gasteiger partial charge in [0, 0.05) is 4.47 Å². The first kappa shape index (κ1) is 16.0. The summed E-state index contributed by atoms with van der Waals surface area (Å²) in [5.74, 6) is 0.377. The van der Waals surface area contributed by atoms with Crippen LogP contribution in [-0.2, 0) is 0 Å². The minimum absolute atomic E-state index is 0. The molecule has 0 saturated heterocycles. The molecular formula is C14H21BrClNO. The average molecular weight is 335 g/mol. The zero-order valence-electron chi connectivity index (χ0n) is 10.4. The summed E-state index contributed by atoms with van der Waals surface area (Å²) in [7, 11) is 0. The van der Waals surface area contributed by atoms with Crippen molar-refractivity contribution in [1.82, 2.24) is 0 Å². The van der Waals surface area contributed by atoms with E-state index in [9.17, 15) is 5.11 Å². The summed E-state index contributed by atoms with van der Waals surface area (Å²) in [5.41, 5.74) is 7.17. The van der Waals surface area contributed by atoms with E-state index in [1.54, 1.807) is 0 Å². The molecular weight excluding hydrogens is 314 g/mol. The van der Waals surface area contributed by atoms with Crippen molar-refractivity contribution in [2.24, 2.45) is 11.7 Å². The first-order valence-electron chi connectivity index (χ1n) is 6.37. The van der Waals surface area contributed by atoms with E-state index in [4.69, 9.17) is 5.73 Å². The molecule has 2 rings (SSSR count). The van der Waals surface area contributed by atoms with E-state index in [0.29, 0.717) is 5.92 Å². The molecule has 0 bridgehead atoms. The van der Waals surface area contributed by atoms with E-state index in [0.717, 1.165) is 22.9 Å². The Morgan fingerprint density at radius 3 is 2.22 bits per heavy atom. The summed E-state index contributed by atoms with van der Waals surface area (Å²) in [5, 5.41) is 10.3. The van der Waals surface area contributed by atoms with Gasteiger partial charge in [0.2, 0.25) is 0 Å². The summed E-state index contributed by atoms with van der Waals surface area (Å²) in [6.07, 6.45) is 5.59. The Hall–Kier alpha value is -0.0900. The van der Waals surface area contributed by atoms with Gasteiger partial charge in [-0.3, -0.25) is 0 Å². The first-order valence-corrected chi connectivity index (χ1v) is 7.17. The van der Waals surface area contributed by atoms with Crippen LogP contribution in [0.2, 0.25) is 0 Å². The third kappa shape index (κ3) is 3.95. The highest BCUT2D eigenvalue weighted by Crippen LogP contribution is 2.31. The quantitative estimate of drug-likeness (QED) is 0.883. The molecule has 1 aromatic carbocycles. The molecule has 0 radical (unpaired) electrons. The topological polar surface area (TPSA) is 46.2 Å². The van der Waals surface area contributed by atoms with Crippen LogP contribution in [0.25, 0.3) is 0 Å². The van der Waals surface area contributed by atoms with E-state index < -0.39 is 6.10 Å². The van der Waals surface area contributed by atoms with Gasteiger partial charge >= 0.3 is 0 Å². The minimum atomic E-state index is -0.406. The van der Waals surface area contributed by atoms with Gasteiger partial charge in [0.05, 0.1) is 12.1 Å². The van der Waals surface area contributed by atoms with Crippen LogP contribution in [-0.4, -0.2) is 11.2 Å². The molecule has 1 aliphatic carbocycles. The Morgan fingerprint density at radius 1 is 1.11 bits per heavy atom. The monoisotopic (exact) mass is 333 g/mol. The standard InChI is InChI=1S/C14H20BrNO.ClH/c15-12-8-6-10(7-9-12)13(16)14(17)11-4-2-1-3-5-11;/h6-9,11,13-14,17H,1-5,16H2;1H/t13-,14+;/m1./s1. The molecule has 0 aliphatic heterocycles. The lowest BCUT2D eigenvalue weighted by Crippen LogP contribution is -2.34. The van der Waals surface area contributed by atoms with Crippen molar-refractivity contribution in [2.75, 3.05) is 0 Å². The zero-order chi connectivity index (χ0) is 12.3. The van der Waals surface area contributed by atoms with Crippen molar-refractivity contribution < 1.29 is 5.11 Å². The molecule has 18 heavy (non-hydrogen) atoms. The fourth-order valence-electron chi connectivity index (χ4n) is 2.65. The van der Waals surface area contributed by atoms with Gasteiger partial charge in [0.15, 0.2) is 0 Å². The lowest BCUT2D eigenvalue weighted by atomic mass is 9.81. The number of hydrogen-bond acceptors (Lipinski definition) is 2. The highest BCUT2D eigenvalue weighted by Gasteiger charge is 2.27. The van der Waals surface area contributed by atoms with Crippen molar-refractivity contribution in [3.63, 3.8) is 0 Å². The molecule has 0 spiro atoms. The second-order valence-corrected chi connectivity index (χ2v) is 5.88. The lowest BCUT2D eigenvalue weighted by Gasteiger charge is -2.30. The number of hydrogen-bond donors (Lipinski definition) is 2. The number of rotatable bonds is 3. The minimum Gasteiger partial charge on any atom is -0.391 e. The van der Waals surface area contributed by atoms with E-state index in [2.05, 4.69) is 15.9 Å². The van der Waals surface area contributed by atoms with Crippen LogP contribution < -0.4 is 5.73 Å². The van der Waals surface area contributed by atoms with Gasteiger partial charge in [0.25, 0.3) is 0 Å². The molecule has 1 saturated carbocycles. The largest absolute Gasteiger partial charge is 0.391 e. The third-order valence-electron chi connectivity index (χ3n) is 3.76. The van der Waals surface area contributed by atoms with Gasteiger partial charge in [-0.15, -0.1) is 12.4 Å². The van der Waals surface area contributed by atoms with Gasteiger partial charge in [-0.05, 0) is 36.5 Å². The van der Waals surface area contributed by atoms with Crippen molar-refractivity contribution in [1.29, 1.82) is 0 Å². The van der Waals surface area contributed by atoms with Crippen LogP contribution in [0, 0.1) is 5.92 Å². The van der Waals surface area contributed by atoms with Crippen molar-refractivity contribution in [3.8, 4) is 0 Å². The number of nitrogens with two attached hydrogens (primary N) is 1. The summed E-state index contributed by atoms with van der Waals surface area (Å²) in [4.78, 5) is 0. The third-order valence-corrected chi connectivity index (χ3v) is 4.28. The van der Waals surface area contributed by atoms with Crippen molar-refractivity contribution in [2.45, 2.75) is 44.2 Å². The Bertz CT molecular complexity index is 351. The highest BCUT2D eigenvalue weighted by atomic mass is 79.9. The predicted octanol–water partition coefficient (Wildman–Crippen LogP) is 3.81. The molecule has 102 valence electrons. The van der Waals surface area contributed by atoms with Gasteiger partial charge < -0.3 is 10.8 Å². The Morgan fingerprint density at radius 2 is 1.67 bits per heavy atom. The molecule has 2 atom stereocenters. The molecule has 1 fully saturated rings. The maximum atomic E-state index is 10.3. The summed E-state index contributed by atoms with van der Waals surface area (Å²) < 4.78 is 1.04. The maximum absolute atomic E-state index is 10.3. The Labute approximate surface area is 123 Å². The molecule has 3 N–H and O–H groups in total. The van der Waals surface area contributed by atoms with E-state index in [-0.39, 0.29) is 18.4 Å². The molecule has 2 nitrogen and oxygen atoms in total. The van der Waals surface area contributed by atoms with E-state index in [1.807, 2.05) is 24.3 Å². The highest BCUT2D eigenvalue weighted by molar-refractivity contribution is 9.10. The normalized spacial score (nSPS) is 19.9. The lowest BCUT2D eigenvalue weighted by molar-refractivity contribution is 0.0618. The fraction of sp³-hybridized carbons (Fsp3) is 0.571. The Balaban J connectivity index is 0.00000162. The van der Waals surface area contributed by atoms with Crippen LogP contribution in [0.4, 0.5) is 0 Å². The number of halogens is 2. The van der Waals surface area contributed by atoms with Crippen molar-refractivity contribution >= 4 is 28.3 Å². The first-order chi connectivity index (χ1) is 8.18. The second kappa shape index (κ2) is 7.49. The molecule has 1 aliphatic rings. The summed E-state index contributed by atoms with van der Waals surface area (Å²) >= 11 is 3.40. The average Bonchev–Trinajstić information content (AvgIpc) is 2.39. The van der Waals surface area contributed by atoms with Crippen LogP contribution in [0.3, 0.4) is 0 Å². The van der Waals surface area contributed by atoms with Crippen LogP contribution >= 0.6 is 28.3 Å². The van der Waals surface area contributed by atoms with Crippen LogP contribution in [0.5, 0.6) is 0 Å². The summed E-state index contributed by atoms with van der Waals surface area (Å²) in [6.45, 7) is 0. The van der Waals surface area contributed by atoms with Crippen molar-refractivity contribution in [3.05, 3.63) is 34.3 Å². The second-order valence-electron chi connectivity index (χ2n) is 4.97. The zero-order valence-corrected chi connectivity index (χ0v) is 12.8. The van der Waals surface area contributed by atoms with Crippen LogP contribution in [0.1, 0.15) is 43.7 Å².